The predicted molar refractivity (Wildman–Crippen MR) is 375 cm³/mol. The standard InChI is InChI=1S/C79H157NO5/c1-3-5-7-9-11-13-15-17-19-21-40-43-47-51-55-59-63-67-71-77(82)76(75-81)80-78(83)72-68-64-60-56-52-48-44-41-37-35-33-31-29-27-25-23-22-24-26-28-30-32-34-36-38-42-46-50-54-58-62-66-70-74-85-79(84)73-69-65-61-57-53-49-45-39-20-18-16-14-12-10-8-6-4-2/h76-77,81-82H,3-75H2,1-2H3,(H,80,83). The largest absolute Gasteiger partial charge is 0.466 e. The molecule has 0 aliphatic carbocycles. The summed E-state index contributed by atoms with van der Waals surface area (Å²) in [5, 5.41) is 23.4. The first-order valence-corrected chi connectivity index (χ1v) is 39.8. The number of ether oxygens (including phenoxy) is 1. The summed E-state index contributed by atoms with van der Waals surface area (Å²) in [6, 6.07) is -0.537. The number of hydrogen-bond acceptors (Lipinski definition) is 5. The molecule has 3 N–H and O–H groups in total. The van der Waals surface area contributed by atoms with Crippen molar-refractivity contribution in [1.82, 2.24) is 5.32 Å². The quantitative estimate of drug-likeness (QED) is 0.0417. The maximum absolute atomic E-state index is 12.5. The third kappa shape index (κ3) is 71.8. The van der Waals surface area contributed by atoms with Crippen molar-refractivity contribution in [2.24, 2.45) is 0 Å². The molecule has 0 bridgehead atoms. The van der Waals surface area contributed by atoms with Crippen LogP contribution in [0.4, 0.5) is 0 Å². The Morgan fingerprint density at radius 2 is 0.482 bits per heavy atom. The molecule has 0 spiro atoms. The number of esters is 1. The first-order chi connectivity index (χ1) is 42.0. The van der Waals surface area contributed by atoms with E-state index in [9.17, 15) is 19.8 Å². The van der Waals surface area contributed by atoms with E-state index in [1.54, 1.807) is 0 Å². The average Bonchev–Trinajstić information content (AvgIpc) is 3.51. The number of aliphatic hydroxyl groups is 2. The second kappa shape index (κ2) is 75.3. The Kier molecular flexibility index (Phi) is 74.3. The molecule has 6 nitrogen and oxygen atoms in total. The summed E-state index contributed by atoms with van der Waals surface area (Å²) in [6.07, 6.45) is 93.4. The molecule has 1 amide bonds. The minimum atomic E-state index is -0.660. The van der Waals surface area contributed by atoms with E-state index in [-0.39, 0.29) is 18.5 Å². The van der Waals surface area contributed by atoms with Crippen LogP contribution in [0.15, 0.2) is 0 Å². The van der Waals surface area contributed by atoms with E-state index in [0.29, 0.717) is 25.9 Å². The molecule has 0 aliphatic rings. The van der Waals surface area contributed by atoms with Crippen molar-refractivity contribution in [3.05, 3.63) is 0 Å². The van der Waals surface area contributed by atoms with Crippen molar-refractivity contribution >= 4 is 11.9 Å². The van der Waals surface area contributed by atoms with E-state index in [2.05, 4.69) is 19.2 Å². The Hall–Kier alpha value is -1.14. The SMILES string of the molecule is CCCCCCCCCCCCCCCCCCCCC(O)C(CO)NC(=O)CCCCCCCCCCCCCCCCCCCCCCCCCCCCCCCCCCCOC(=O)CCCCCCCCCCCCCCCCCCC. The lowest BCUT2D eigenvalue weighted by Gasteiger charge is -2.22. The Bertz CT molecular complexity index is 1240. The molecule has 6 heteroatoms. The van der Waals surface area contributed by atoms with Crippen LogP contribution in [0.1, 0.15) is 470 Å². The van der Waals surface area contributed by atoms with Crippen molar-refractivity contribution in [2.75, 3.05) is 13.2 Å². The molecule has 0 aromatic carbocycles. The topological polar surface area (TPSA) is 95.9 Å². The number of carbonyl (C=O) groups excluding carboxylic acids is 2. The Morgan fingerprint density at radius 3 is 0.718 bits per heavy atom. The van der Waals surface area contributed by atoms with Gasteiger partial charge in [-0.25, -0.2) is 0 Å². The van der Waals surface area contributed by atoms with Crippen molar-refractivity contribution < 1.29 is 24.5 Å². The fourth-order valence-corrected chi connectivity index (χ4v) is 13.1. The van der Waals surface area contributed by atoms with Gasteiger partial charge in [0.25, 0.3) is 0 Å². The molecule has 0 rings (SSSR count). The first kappa shape index (κ1) is 83.9. The zero-order chi connectivity index (χ0) is 61.3. The molecule has 0 aliphatic heterocycles. The van der Waals surface area contributed by atoms with Crippen LogP contribution in [0.3, 0.4) is 0 Å². The molecule has 0 heterocycles. The highest BCUT2D eigenvalue weighted by Crippen LogP contribution is 2.21. The van der Waals surface area contributed by atoms with Gasteiger partial charge in [0.1, 0.15) is 0 Å². The fraction of sp³-hybridized carbons (Fsp3) is 0.975. The van der Waals surface area contributed by atoms with Gasteiger partial charge in [0.15, 0.2) is 0 Å². The number of carbonyl (C=O) groups is 2. The number of amides is 1. The van der Waals surface area contributed by atoms with Gasteiger partial charge in [0, 0.05) is 12.8 Å². The zero-order valence-corrected chi connectivity index (χ0v) is 58.4. The van der Waals surface area contributed by atoms with Gasteiger partial charge in [-0.1, -0.05) is 431 Å². The number of rotatable bonds is 76. The minimum absolute atomic E-state index is 0.0248. The van der Waals surface area contributed by atoms with Crippen LogP contribution in [0.25, 0.3) is 0 Å². The van der Waals surface area contributed by atoms with Crippen molar-refractivity contribution in [2.45, 2.75) is 482 Å². The molecule has 2 atom stereocenters. The third-order valence-corrected chi connectivity index (χ3v) is 19.2. The van der Waals surface area contributed by atoms with Crippen molar-refractivity contribution in [1.29, 1.82) is 0 Å². The summed E-state index contributed by atoms with van der Waals surface area (Å²) in [5.41, 5.74) is 0. The highest BCUT2D eigenvalue weighted by molar-refractivity contribution is 5.76. The average molecular weight is 1200 g/mol. The number of aliphatic hydroxyl groups excluding tert-OH is 2. The van der Waals surface area contributed by atoms with E-state index in [1.807, 2.05) is 0 Å². The lowest BCUT2D eigenvalue weighted by atomic mass is 10.0. The summed E-state index contributed by atoms with van der Waals surface area (Å²) in [7, 11) is 0. The van der Waals surface area contributed by atoms with Crippen LogP contribution in [0.2, 0.25) is 0 Å². The van der Waals surface area contributed by atoms with Gasteiger partial charge in [-0.05, 0) is 25.7 Å². The molecule has 0 aromatic heterocycles. The van der Waals surface area contributed by atoms with Gasteiger partial charge < -0.3 is 20.3 Å². The van der Waals surface area contributed by atoms with Crippen molar-refractivity contribution in [3.63, 3.8) is 0 Å². The minimum Gasteiger partial charge on any atom is -0.466 e. The van der Waals surface area contributed by atoms with Crippen LogP contribution in [0.5, 0.6) is 0 Å². The van der Waals surface area contributed by atoms with Gasteiger partial charge in [-0.15, -0.1) is 0 Å². The highest BCUT2D eigenvalue weighted by atomic mass is 16.5. The second-order valence-corrected chi connectivity index (χ2v) is 27.8. The molecule has 0 aromatic rings. The highest BCUT2D eigenvalue weighted by Gasteiger charge is 2.20. The summed E-state index contributed by atoms with van der Waals surface area (Å²) in [4.78, 5) is 24.7. The van der Waals surface area contributed by atoms with Gasteiger partial charge in [-0.2, -0.15) is 0 Å². The van der Waals surface area contributed by atoms with Crippen LogP contribution in [0, 0.1) is 0 Å². The molecule has 0 saturated carbocycles. The molecule has 0 radical (unpaired) electrons. The fourth-order valence-electron chi connectivity index (χ4n) is 13.1. The normalized spacial score (nSPS) is 12.4. The number of unbranched alkanes of at least 4 members (excludes halogenated alkanes) is 65. The Balaban J connectivity index is 3.30. The maximum Gasteiger partial charge on any atom is 0.305 e. The van der Waals surface area contributed by atoms with Crippen molar-refractivity contribution in [3.8, 4) is 0 Å². The van der Waals surface area contributed by atoms with Crippen LogP contribution in [-0.4, -0.2) is 47.4 Å². The van der Waals surface area contributed by atoms with E-state index in [4.69, 9.17) is 4.74 Å². The zero-order valence-electron chi connectivity index (χ0n) is 58.4. The summed E-state index contributed by atoms with van der Waals surface area (Å²) >= 11 is 0. The Labute approximate surface area is 534 Å². The predicted octanol–water partition coefficient (Wildman–Crippen LogP) is 26.1. The van der Waals surface area contributed by atoms with Gasteiger partial charge in [0.05, 0.1) is 25.4 Å². The smallest absolute Gasteiger partial charge is 0.305 e. The van der Waals surface area contributed by atoms with E-state index in [1.165, 1.54) is 398 Å². The molecule has 0 fully saturated rings. The summed E-state index contributed by atoms with van der Waals surface area (Å²) in [6.45, 7) is 5.02. The molecule has 508 valence electrons. The van der Waals surface area contributed by atoms with E-state index in [0.717, 1.165) is 38.5 Å². The lowest BCUT2D eigenvalue weighted by molar-refractivity contribution is -0.143. The van der Waals surface area contributed by atoms with Gasteiger partial charge in [-0.3, -0.25) is 9.59 Å². The van der Waals surface area contributed by atoms with Crippen LogP contribution >= 0.6 is 0 Å². The molecular weight excluding hydrogens is 1040 g/mol. The third-order valence-electron chi connectivity index (χ3n) is 19.2. The second-order valence-electron chi connectivity index (χ2n) is 27.8. The number of hydrogen-bond donors (Lipinski definition) is 3. The molecule has 0 saturated heterocycles. The molecule has 85 heavy (non-hydrogen) atoms. The molecule has 2 unspecified atom stereocenters. The number of nitrogens with one attached hydrogen (secondary N) is 1. The summed E-state index contributed by atoms with van der Waals surface area (Å²) < 4.78 is 5.52. The lowest BCUT2D eigenvalue weighted by Crippen LogP contribution is -2.45. The Morgan fingerprint density at radius 1 is 0.282 bits per heavy atom. The first-order valence-electron chi connectivity index (χ1n) is 39.8. The van der Waals surface area contributed by atoms with Crippen LogP contribution < -0.4 is 5.32 Å². The molecular formula is C79H157NO5. The maximum atomic E-state index is 12.5. The van der Waals surface area contributed by atoms with Gasteiger partial charge >= 0.3 is 5.97 Å². The van der Waals surface area contributed by atoms with E-state index >= 15 is 0 Å². The van der Waals surface area contributed by atoms with Gasteiger partial charge in [0.2, 0.25) is 5.91 Å². The summed E-state index contributed by atoms with van der Waals surface area (Å²) in [5.74, 6) is 0.00239. The monoisotopic (exact) mass is 1200 g/mol. The van der Waals surface area contributed by atoms with Crippen LogP contribution in [-0.2, 0) is 14.3 Å². The van der Waals surface area contributed by atoms with E-state index < -0.39 is 12.1 Å².